The monoisotopic (exact) mass is 444 g/mol. The van der Waals surface area contributed by atoms with Gasteiger partial charge in [-0.3, -0.25) is 14.4 Å². The Bertz CT molecular complexity index is 1180. The van der Waals surface area contributed by atoms with Crippen LogP contribution in [0.2, 0.25) is 0 Å². The molecule has 2 heterocycles. The van der Waals surface area contributed by atoms with Gasteiger partial charge in [0.05, 0.1) is 5.92 Å². The number of hydrogen-bond donors (Lipinski definition) is 1. The zero-order chi connectivity index (χ0) is 23.4. The summed E-state index contributed by atoms with van der Waals surface area (Å²) < 4.78 is 0. The highest BCUT2D eigenvalue weighted by molar-refractivity contribution is 5.93. The molecule has 1 aliphatic heterocycles. The molecule has 0 bridgehead atoms. The highest BCUT2D eigenvalue weighted by Crippen LogP contribution is 2.27. The van der Waals surface area contributed by atoms with E-state index in [1.165, 1.54) is 17.7 Å². The Morgan fingerprint density at radius 3 is 2.48 bits per heavy atom. The zero-order valence-corrected chi connectivity index (χ0v) is 19.0. The Labute approximate surface area is 193 Å². The molecular formula is C26H28N4O3. The maximum absolute atomic E-state index is 13.3. The third kappa shape index (κ3) is 5.03. The molecule has 0 spiro atoms. The molecule has 0 aliphatic carbocycles. The van der Waals surface area contributed by atoms with Crippen LogP contribution < -0.4 is 5.56 Å². The van der Waals surface area contributed by atoms with Crippen molar-refractivity contribution in [2.75, 3.05) is 26.2 Å². The predicted octanol–water partition coefficient (Wildman–Crippen LogP) is 2.91. The van der Waals surface area contributed by atoms with Crippen molar-refractivity contribution in [3.05, 3.63) is 87.8 Å². The standard InChI is InChI=1S/C26H28N4O3/c1-3-29-14-15-30(26(33)23-12-13-24(31)28-27-23)17-21(25(29)32)16-20-6-4-5-7-22(20)19-10-8-18(2)9-11-19/h4-13,21H,3,14-17H2,1-2H3,(H,28,31). The van der Waals surface area contributed by atoms with Crippen LogP contribution in [0.1, 0.15) is 28.5 Å². The number of amides is 2. The number of hydrogen-bond acceptors (Lipinski definition) is 4. The van der Waals surface area contributed by atoms with Crippen LogP contribution in [-0.4, -0.2) is 58.0 Å². The topological polar surface area (TPSA) is 86.4 Å². The Balaban J connectivity index is 1.63. The molecule has 1 aromatic heterocycles. The van der Waals surface area contributed by atoms with Crippen LogP contribution in [-0.2, 0) is 11.2 Å². The molecule has 1 saturated heterocycles. The minimum absolute atomic E-state index is 0.0564. The lowest BCUT2D eigenvalue weighted by Gasteiger charge is -2.24. The number of aromatic nitrogens is 2. The highest BCUT2D eigenvalue weighted by atomic mass is 16.2. The predicted molar refractivity (Wildman–Crippen MR) is 127 cm³/mol. The van der Waals surface area contributed by atoms with Gasteiger partial charge in [0.2, 0.25) is 5.91 Å². The van der Waals surface area contributed by atoms with Crippen LogP contribution in [0.25, 0.3) is 11.1 Å². The van der Waals surface area contributed by atoms with Crippen molar-refractivity contribution < 1.29 is 9.59 Å². The van der Waals surface area contributed by atoms with Crippen LogP contribution in [0.15, 0.2) is 65.5 Å². The van der Waals surface area contributed by atoms with Crippen molar-refractivity contribution in [1.29, 1.82) is 0 Å². The molecule has 7 nitrogen and oxygen atoms in total. The minimum Gasteiger partial charge on any atom is -0.341 e. The number of nitrogens with one attached hydrogen (secondary N) is 1. The molecule has 170 valence electrons. The Morgan fingerprint density at radius 1 is 1.03 bits per heavy atom. The number of likely N-dealkylation sites (N-methyl/N-ethyl adjacent to an activating group) is 1. The second kappa shape index (κ2) is 9.81. The molecule has 2 amide bonds. The van der Waals surface area contributed by atoms with E-state index in [2.05, 4.69) is 53.5 Å². The average molecular weight is 445 g/mol. The second-order valence-electron chi connectivity index (χ2n) is 8.40. The van der Waals surface area contributed by atoms with Crippen molar-refractivity contribution in [3.63, 3.8) is 0 Å². The number of nitrogens with zero attached hydrogens (tertiary/aromatic N) is 3. The summed E-state index contributed by atoms with van der Waals surface area (Å²) in [6.07, 6.45) is 0.530. The third-order valence-electron chi connectivity index (χ3n) is 6.15. The number of H-pyrrole nitrogens is 1. The van der Waals surface area contributed by atoms with E-state index in [9.17, 15) is 14.4 Å². The fourth-order valence-electron chi connectivity index (χ4n) is 4.30. The lowest BCUT2D eigenvalue weighted by Crippen LogP contribution is -2.38. The summed E-state index contributed by atoms with van der Waals surface area (Å²) in [6.45, 7) is 5.80. The van der Waals surface area contributed by atoms with E-state index in [0.717, 1.165) is 16.7 Å². The molecule has 33 heavy (non-hydrogen) atoms. The number of benzene rings is 2. The zero-order valence-electron chi connectivity index (χ0n) is 19.0. The molecule has 1 fully saturated rings. The van der Waals surface area contributed by atoms with Gasteiger partial charge in [0.1, 0.15) is 5.69 Å². The van der Waals surface area contributed by atoms with E-state index < -0.39 is 0 Å². The van der Waals surface area contributed by atoms with Crippen molar-refractivity contribution in [2.24, 2.45) is 5.92 Å². The third-order valence-corrected chi connectivity index (χ3v) is 6.15. The summed E-state index contributed by atoms with van der Waals surface area (Å²) in [5, 5.41) is 6.20. The van der Waals surface area contributed by atoms with Crippen molar-refractivity contribution in [3.8, 4) is 11.1 Å². The summed E-state index contributed by atoms with van der Waals surface area (Å²) in [7, 11) is 0. The highest BCUT2D eigenvalue weighted by Gasteiger charge is 2.33. The van der Waals surface area contributed by atoms with Gasteiger partial charge in [-0.1, -0.05) is 54.1 Å². The fraction of sp³-hybridized carbons (Fsp3) is 0.308. The van der Waals surface area contributed by atoms with Gasteiger partial charge in [-0.2, -0.15) is 5.10 Å². The average Bonchev–Trinajstić information content (AvgIpc) is 2.99. The van der Waals surface area contributed by atoms with Gasteiger partial charge in [0.25, 0.3) is 11.5 Å². The van der Waals surface area contributed by atoms with E-state index in [4.69, 9.17) is 0 Å². The summed E-state index contributed by atoms with van der Waals surface area (Å²) in [4.78, 5) is 41.3. The summed E-state index contributed by atoms with van der Waals surface area (Å²) in [6, 6.07) is 19.2. The smallest absolute Gasteiger partial charge is 0.274 e. The lowest BCUT2D eigenvalue weighted by molar-refractivity contribution is -0.134. The number of aromatic amines is 1. The van der Waals surface area contributed by atoms with Gasteiger partial charge in [-0.05, 0) is 43.0 Å². The maximum atomic E-state index is 13.3. The Morgan fingerprint density at radius 2 is 1.79 bits per heavy atom. The maximum Gasteiger partial charge on any atom is 0.274 e. The van der Waals surface area contributed by atoms with Crippen LogP contribution in [0, 0.1) is 12.8 Å². The number of aryl methyl sites for hydroxylation is 1. The molecule has 0 radical (unpaired) electrons. The van der Waals surface area contributed by atoms with E-state index in [1.807, 2.05) is 24.0 Å². The first-order valence-electron chi connectivity index (χ1n) is 11.2. The quantitative estimate of drug-likeness (QED) is 0.656. The van der Waals surface area contributed by atoms with Crippen molar-refractivity contribution in [2.45, 2.75) is 20.3 Å². The molecule has 1 aliphatic rings. The molecule has 1 unspecified atom stereocenters. The first-order valence-corrected chi connectivity index (χ1v) is 11.2. The van der Waals surface area contributed by atoms with Gasteiger partial charge in [0.15, 0.2) is 0 Å². The molecule has 4 rings (SSSR count). The molecule has 7 heteroatoms. The molecule has 1 atom stereocenters. The van der Waals surface area contributed by atoms with E-state index >= 15 is 0 Å². The number of rotatable bonds is 5. The van der Waals surface area contributed by atoms with Gasteiger partial charge >= 0.3 is 0 Å². The van der Waals surface area contributed by atoms with Gasteiger partial charge in [0, 0.05) is 32.2 Å². The summed E-state index contributed by atoms with van der Waals surface area (Å²) >= 11 is 0. The molecular weight excluding hydrogens is 416 g/mol. The molecule has 0 saturated carbocycles. The van der Waals surface area contributed by atoms with E-state index in [0.29, 0.717) is 32.6 Å². The van der Waals surface area contributed by atoms with E-state index in [-0.39, 0.29) is 29.0 Å². The van der Waals surface area contributed by atoms with Crippen LogP contribution in [0.4, 0.5) is 0 Å². The van der Waals surface area contributed by atoms with Crippen molar-refractivity contribution >= 4 is 11.8 Å². The van der Waals surface area contributed by atoms with Gasteiger partial charge in [-0.15, -0.1) is 0 Å². The number of carbonyl (C=O) groups excluding carboxylic acids is 2. The Hall–Kier alpha value is -3.74. The normalized spacial score (nSPS) is 16.5. The second-order valence-corrected chi connectivity index (χ2v) is 8.40. The molecule has 2 aromatic carbocycles. The minimum atomic E-state index is -0.370. The lowest BCUT2D eigenvalue weighted by atomic mass is 9.91. The van der Waals surface area contributed by atoms with Crippen LogP contribution >= 0.6 is 0 Å². The first-order chi connectivity index (χ1) is 16.0. The largest absolute Gasteiger partial charge is 0.341 e. The Kier molecular flexibility index (Phi) is 6.68. The van der Waals surface area contributed by atoms with Gasteiger partial charge < -0.3 is 9.80 Å². The SMILES string of the molecule is CCN1CCN(C(=O)c2ccc(=O)[nH]n2)CC(Cc2ccccc2-c2ccc(C)cc2)C1=O. The van der Waals surface area contributed by atoms with Gasteiger partial charge in [-0.25, -0.2) is 5.10 Å². The number of carbonyl (C=O) groups is 2. The van der Waals surface area contributed by atoms with Crippen molar-refractivity contribution in [1.82, 2.24) is 20.0 Å². The van der Waals surface area contributed by atoms with Crippen LogP contribution in [0.3, 0.4) is 0 Å². The molecule has 1 N–H and O–H groups in total. The fourth-order valence-corrected chi connectivity index (χ4v) is 4.30. The summed E-state index contributed by atoms with van der Waals surface area (Å²) in [5.41, 5.74) is 4.28. The van der Waals surface area contributed by atoms with Crippen LogP contribution in [0.5, 0.6) is 0 Å². The molecule has 3 aromatic rings. The van der Waals surface area contributed by atoms with E-state index in [1.54, 1.807) is 4.90 Å². The summed E-state index contributed by atoms with van der Waals surface area (Å²) in [5.74, 6) is -0.597. The first kappa shape index (κ1) is 22.5.